The summed E-state index contributed by atoms with van der Waals surface area (Å²) >= 11 is 0. The Morgan fingerprint density at radius 2 is 1.80 bits per heavy atom. The fraction of sp³-hybridized carbons (Fsp3) is 0.667. The van der Waals surface area contributed by atoms with Crippen molar-refractivity contribution in [2.24, 2.45) is 5.92 Å². The van der Waals surface area contributed by atoms with E-state index in [0.29, 0.717) is 18.5 Å². The first-order valence-electron chi connectivity index (χ1n) is 9.51. The molecule has 4 heteroatoms. The maximum Gasteiger partial charge on any atom is 0.407 e. The van der Waals surface area contributed by atoms with Crippen molar-refractivity contribution in [1.29, 1.82) is 0 Å². The number of hydrogen-bond donors (Lipinski definition) is 2. The van der Waals surface area contributed by atoms with Gasteiger partial charge in [0.05, 0.1) is 0 Å². The standard InChI is InChI=1S/C21H34N2O2/c1-15-9-8-10-16(2)18(15)14-22-19-12-7-6-11-17(19)13-23-20(24)25-21(3,4)5/h8-10,17,19,22H,6-7,11-14H2,1-5H3,(H,23,24). The summed E-state index contributed by atoms with van der Waals surface area (Å²) in [5, 5.41) is 6.71. The van der Waals surface area contributed by atoms with E-state index < -0.39 is 5.60 Å². The van der Waals surface area contributed by atoms with E-state index in [2.05, 4.69) is 42.7 Å². The minimum Gasteiger partial charge on any atom is -0.444 e. The van der Waals surface area contributed by atoms with Gasteiger partial charge in [0.2, 0.25) is 0 Å². The Kier molecular flexibility index (Phi) is 6.88. The molecule has 1 saturated carbocycles. The minimum atomic E-state index is -0.448. The van der Waals surface area contributed by atoms with Gasteiger partial charge in [-0.25, -0.2) is 4.79 Å². The molecule has 2 unspecified atom stereocenters. The van der Waals surface area contributed by atoms with Gasteiger partial charge < -0.3 is 15.4 Å². The number of benzene rings is 1. The van der Waals surface area contributed by atoms with Crippen molar-refractivity contribution in [3.05, 3.63) is 34.9 Å². The molecule has 4 nitrogen and oxygen atoms in total. The summed E-state index contributed by atoms with van der Waals surface area (Å²) in [6, 6.07) is 6.91. The Morgan fingerprint density at radius 3 is 2.44 bits per heavy atom. The quantitative estimate of drug-likeness (QED) is 0.826. The van der Waals surface area contributed by atoms with Crippen LogP contribution < -0.4 is 10.6 Å². The first-order valence-corrected chi connectivity index (χ1v) is 9.51. The van der Waals surface area contributed by atoms with Gasteiger partial charge in [-0.2, -0.15) is 0 Å². The van der Waals surface area contributed by atoms with Crippen molar-refractivity contribution in [3.63, 3.8) is 0 Å². The summed E-state index contributed by atoms with van der Waals surface area (Å²) in [6.07, 6.45) is 4.51. The third kappa shape index (κ3) is 6.35. The predicted molar refractivity (Wildman–Crippen MR) is 103 cm³/mol. The molecule has 1 aromatic carbocycles. The third-order valence-electron chi connectivity index (χ3n) is 5.00. The van der Waals surface area contributed by atoms with Gasteiger partial charge in [0.1, 0.15) is 5.60 Å². The van der Waals surface area contributed by atoms with Crippen LogP contribution in [0.2, 0.25) is 0 Å². The molecule has 0 spiro atoms. The second kappa shape index (κ2) is 8.70. The SMILES string of the molecule is Cc1cccc(C)c1CNC1CCCCC1CNC(=O)OC(C)(C)C. The van der Waals surface area contributed by atoms with Gasteiger partial charge in [-0.15, -0.1) is 0 Å². The number of carbonyl (C=O) groups is 1. The molecule has 2 atom stereocenters. The van der Waals surface area contributed by atoms with Crippen molar-refractivity contribution < 1.29 is 9.53 Å². The average molecular weight is 347 g/mol. The number of amides is 1. The monoisotopic (exact) mass is 346 g/mol. The topological polar surface area (TPSA) is 50.4 Å². The Balaban J connectivity index is 1.89. The van der Waals surface area contributed by atoms with Crippen LogP contribution >= 0.6 is 0 Å². The molecule has 2 N–H and O–H groups in total. The molecule has 0 aromatic heterocycles. The lowest BCUT2D eigenvalue weighted by Gasteiger charge is -2.33. The number of rotatable bonds is 5. The highest BCUT2D eigenvalue weighted by Crippen LogP contribution is 2.25. The van der Waals surface area contributed by atoms with Gasteiger partial charge in [0.15, 0.2) is 0 Å². The number of hydrogen-bond acceptors (Lipinski definition) is 3. The first-order chi connectivity index (χ1) is 11.8. The third-order valence-corrected chi connectivity index (χ3v) is 5.00. The molecule has 1 aliphatic rings. The Bertz CT molecular complexity index is 557. The highest BCUT2D eigenvalue weighted by molar-refractivity contribution is 5.67. The Morgan fingerprint density at radius 1 is 1.16 bits per heavy atom. The molecular formula is C21H34N2O2. The van der Waals surface area contributed by atoms with Crippen molar-refractivity contribution >= 4 is 6.09 Å². The second-order valence-electron chi connectivity index (χ2n) is 8.29. The highest BCUT2D eigenvalue weighted by Gasteiger charge is 2.26. The smallest absolute Gasteiger partial charge is 0.407 e. The van der Waals surface area contributed by atoms with E-state index in [1.807, 2.05) is 20.8 Å². The zero-order chi connectivity index (χ0) is 18.4. The summed E-state index contributed by atoms with van der Waals surface area (Å²) in [4.78, 5) is 11.9. The van der Waals surface area contributed by atoms with Crippen LogP contribution in [0.25, 0.3) is 0 Å². The number of alkyl carbamates (subject to hydrolysis) is 1. The van der Waals surface area contributed by atoms with Gasteiger partial charge in [0, 0.05) is 19.1 Å². The van der Waals surface area contributed by atoms with E-state index in [9.17, 15) is 4.79 Å². The Labute approximate surface area is 152 Å². The fourth-order valence-electron chi connectivity index (χ4n) is 3.61. The van der Waals surface area contributed by atoms with E-state index in [-0.39, 0.29) is 6.09 Å². The fourth-order valence-corrected chi connectivity index (χ4v) is 3.61. The summed E-state index contributed by atoms with van der Waals surface area (Å²) in [6.45, 7) is 11.6. The van der Waals surface area contributed by atoms with Gasteiger partial charge in [-0.3, -0.25) is 0 Å². The molecule has 0 aliphatic heterocycles. The molecule has 1 amide bonds. The Hall–Kier alpha value is -1.55. The number of carbonyl (C=O) groups excluding carboxylic acids is 1. The van der Waals surface area contributed by atoms with E-state index in [1.54, 1.807) is 0 Å². The van der Waals surface area contributed by atoms with Crippen LogP contribution in [0.4, 0.5) is 4.79 Å². The molecule has 2 rings (SSSR count). The molecule has 0 radical (unpaired) electrons. The van der Waals surface area contributed by atoms with Crippen molar-refractivity contribution in [1.82, 2.24) is 10.6 Å². The maximum absolute atomic E-state index is 11.9. The zero-order valence-corrected chi connectivity index (χ0v) is 16.4. The van der Waals surface area contributed by atoms with Crippen LogP contribution in [0.15, 0.2) is 18.2 Å². The molecule has 0 heterocycles. The normalized spacial score (nSPS) is 21.0. The maximum atomic E-state index is 11.9. The molecular weight excluding hydrogens is 312 g/mol. The van der Waals surface area contributed by atoms with Gasteiger partial charge in [-0.05, 0) is 70.1 Å². The largest absolute Gasteiger partial charge is 0.444 e. The number of nitrogens with one attached hydrogen (secondary N) is 2. The molecule has 140 valence electrons. The lowest BCUT2D eigenvalue weighted by Crippen LogP contribution is -2.45. The number of aryl methyl sites for hydroxylation is 2. The van der Waals surface area contributed by atoms with Crippen LogP contribution in [0.3, 0.4) is 0 Å². The second-order valence-corrected chi connectivity index (χ2v) is 8.29. The molecule has 1 aliphatic carbocycles. The van der Waals surface area contributed by atoms with Crippen molar-refractivity contribution in [2.75, 3.05) is 6.54 Å². The lowest BCUT2D eigenvalue weighted by molar-refractivity contribution is 0.0510. The highest BCUT2D eigenvalue weighted by atomic mass is 16.6. The van der Waals surface area contributed by atoms with Gasteiger partial charge >= 0.3 is 6.09 Å². The molecule has 0 bridgehead atoms. The van der Waals surface area contributed by atoms with Crippen LogP contribution in [-0.2, 0) is 11.3 Å². The van der Waals surface area contributed by atoms with Crippen LogP contribution in [0.1, 0.15) is 63.1 Å². The first kappa shape index (κ1) is 19.8. The van der Waals surface area contributed by atoms with E-state index in [0.717, 1.165) is 13.0 Å². The predicted octanol–water partition coefficient (Wildman–Crippen LogP) is 4.48. The van der Waals surface area contributed by atoms with Gasteiger partial charge in [-0.1, -0.05) is 31.0 Å². The average Bonchev–Trinajstić information content (AvgIpc) is 2.52. The zero-order valence-electron chi connectivity index (χ0n) is 16.4. The lowest BCUT2D eigenvalue weighted by atomic mass is 9.84. The molecule has 0 saturated heterocycles. The minimum absolute atomic E-state index is 0.313. The van der Waals surface area contributed by atoms with Crippen LogP contribution in [0.5, 0.6) is 0 Å². The van der Waals surface area contributed by atoms with E-state index in [4.69, 9.17) is 4.74 Å². The summed E-state index contributed by atoms with van der Waals surface area (Å²) in [5.74, 6) is 0.464. The summed E-state index contributed by atoms with van der Waals surface area (Å²) < 4.78 is 5.35. The molecule has 1 fully saturated rings. The van der Waals surface area contributed by atoms with Crippen LogP contribution in [-0.4, -0.2) is 24.3 Å². The molecule has 1 aromatic rings. The summed E-state index contributed by atoms with van der Waals surface area (Å²) in [5.41, 5.74) is 3.63. The van der Waals surface area contributed by atoms with Crippen molar-refractivity contribution in [3.8, 4) is 0 Å². The van der Waals surface area contributed by atoms with Crippen LogP contribution in [0, 0.1) is 19.8 Å². The summed E-state index contributed by atoms with van der Waals surface area (Å²) in [7, 11) is 0. The number of ether oxygens (including phenoxy) is 1. The van der Waals surface area contributed by atoms with Crippen molar-refractivity contribution in [2.45, 2.75) is 78.5 Å². The van der Waals surface area contributed by atoms with Gasteiger partial charge in [0.25, 0.3) is 0 Å². The van der Waals surface area contributed by atoms with E-state index in [1.165, 1.54) is 36.0 Å². The molecule has 25 heavy (non-hydrogen) atoms. The van der Waals surface area contributed by atoms with E-state index >= 15 is 0 Å².